The molecule has 4 heterocycles. The maximum Gasteiger partial charge on any atom is 0.271 e. The van der Waals surface area contributed by atoms with Crippen molar-refractivity contribution in [3.63, 3.8) is 0 Å². The zero-order valence-electron chi connectivity index (χ0n) is 22.9. The molecule has 3 aromatic rings. The molecule has 40 heavy (non-hydrogen) atoms. The predicted molar refractivity (Wildman–Crippen MR) is 151 cm³/mol. The molecule has 3 saturated heterocycles. The van der Waals surface area contributed by atoms with Crippen LogP contribution in [-0.4, -0.2) is 77.3 Å². The fourth-order valence-electron chi connectivity index (χ4n) is 6.43. The third-order valence-electron chi connectivity index (χ3n) is 8.62. The van der Waals surface area contributed by atoms with Gasteiger partial charge in [0.1, 0.15) is 0 Å². The number of rotatable bonds is 8. The Balaban J connectivity index is 1.03. The van der Waals surface area contributed by atoms with Gasteiger partial charge in [0.15, 0.2) is 0 Å². The molecular formula is C31H37N5O4. The number of carbonyl (C=O) groups excluding carboxylic acids is 2. The van der Waals surface area contributed by atoms with Gasteiger partial charge in [-0.3, -0.25) is 19.5 Å². The van der Waals surface area contributed by atoms with E-state index in [2.05, 4.69) is 27.4 Å². The van der Waals surface area contributed by atoms with Crippen LogP contribution in [0.3, 0.4) is 0 Å². The van der Waals surface area contributed by atoms with Gasteiger partial charge < -0.3 is 19.9 Å². The van der Waals surface area contributed by atoms with Crippen molar-refractivity contribution in [2.45, 2.75) is 25.8 Å². The Morgan fingerprint density at radius 3 is 2.38 bits per heavy atom. The molecule has 3 fully saturated rings. The molecule has 3 aliphatic heterocycles. The van der Waals surface area contributed by atoms with E-state index in [1.807, 2.05) is 42.2 Å². The number of nitrogens with zero attached hydrogens (tertiary/aromatic N) is 3. The standard InChI is InChI=1S/C31H37N5O4/c1-21-15-29(37)36(33-21)27-9-7-23(8-10-27)31(39)35-18-25-16-34(17-26(25)19-35)13-11-28(22-5-3-2-4-6-22)32-30(38)24-12-14-40-20-24/h2-10,15,24-26,28,33H,11-14,16-20H2,1H3,(H,32,38)/t24?,25-,26?,28?/m0/s1. The summed E-state index contributed by atoms with van der Waals surface area (Å²) in [5.74, 6) is 0.998. The first kappa shape index (κ1) is 26.5. The van der Waals surface area contributed by atoms with Crippen LogP contribution in [0.25, 0.3) is 5.69 Å². The molecule has 1 aromatic heterocycles. The SMILES string of the molecule is Cc1cc(=O)n(-c2ccc(C(=O)N3CC4CN(CCC(NC(=O)C5CCOC5)c5ccccc5)C[C@H]4C3)cc2)[nH]1. The monoisotopic (exact) mass is 543 g/mol. The normalized spacial score (nSPS) is 23.3. The van der Waals surface area contributed by atoms with Gasteiger partial charge in [-0.2, -0.15) is 0 Å². The first-order valence-corrected chi connectivity index (χ1v) is 14.3. The predicted octanol–water partition coefficient (Wildman–Crippen LogP) is 2.76. The van der Waals surface area contributed by atoms with Crippen LogP contribution in [-0.2, 0) is 9.53 Å². The van der Waals surface area contributed by atoms with Gasteiger partial charge in [-0.1, -0.05) is 30.3 Å². The molecule has 3 aliphatic rings. The Hall–Kier alpha value is -3.69. The number of amides is 2. The summed E-state index contributed by atoms with van der Waals surface area (Å²) >= 11 is 0. The molecule has 4 atom stereocenters. The molecule has 9 nitrogen and oxygen atoms in total. The summed E-state index contributed by atoms with van der Waals surface area (Å²) in [5, 5.41) is 6.31. The van der Waals surface area contributed by atoms with E-state index in [-0.39, 0.29) is 29.3 Å². The van der Waals surface area contributed by atoms with E-state index in [1.54, 1.807) is 18.2 Å². The number of H-pyrrole nitrogens is 1. The molecular weight excluding hydrogens is 506 g/mol. The average molecular weight is 544 g/mol. The fraction of sp³-hybridized carbons (Fsp3) is 0.452. The summed E-state index contributed by atoms with van der Waals surface area (Å²) in [7, 11) is 0. The smallest absolute Gasteiger partial charge is 0.271 e. The van der Waals surface area contributed by atoms with Crippen LogP contribution in [0.2, 0.25) is 0 Å². The van der Waals surface area contributed by atoms with Crippen molar-refractivity contribution in [2.24, 2.45) is 17.8 Å². The summed E-state index contributed by atoms with van der Waals surface area (Å²) in [6, 6.07) is 19.0. The van der Waals surface area contributed by atoms with Gasteiger partial charge in [0.2, 0.25) is 5.91 Å². The van der Waals surface area contributed by atoms with Crippen LogP contribution in [0.4, 0.5) is 0 Å². The minimum absolute atomic E-state index is 0.0264. The van der Waals surface area contributed by atoms with Crippen LogP contribution < -0.4 is 10.9 Å². The van der Waals surface area contributed by atoms with Gasteiger partial charge in [0, 0.05) is 56.7 Å². The Bertz CT molecular complexity index is 1380. The molecule has 0 aliphatic carbocycles. The number of aryl methyl sites for hydroxylation is 1. The van der Waals surface area contributed by atoms with Crippen molar-refractivity contribution in [1.82, 2.24) is 24.9 Å². The first-order valence-electron chi connectivity index (χ1n) is 14.3. The van der Waals surface area contributed by atoms with Crippen LogP contribution in [0.1, 0.15) is 40.5 Å². The van der Waals surface area contributed by atoms with E-state index >= 15 is 0 Å². The lowest BCUT2D eigenvalue weighted by Crippen LogP contribution is -2.37. The quantitative estimate of drug-likeness (QED) is 0.455. The molecule has 3 unspecified atom stereocenters. The molecule has 0 radical (unpaired) electrons. The molecule has 9 heteroatoms. The third kappa shape index (κ3) is 5.62. The van der Waals surface area contributed by atoms with E-state index in [1.165, 1.54) is 4.68 Å². The van der Waals surface area contributed by atoms with E-state index in [4.69, 9.17) is 4.74 Å². The number of nitrogens with one attached hydrogen (secondary N) is 2. The number of aromatic nitrogens is 2. The van der Waals surface area contributed by atoms with E-state index in [9.17, 15) is 14.4 Å². The highest BCUT2D eigenvalue weighted by Crippen LogP contribution is 2.33. The van der Waals surface area contributed by atoms with Gasteiger partial charge in [-0.15, -0.1) is 0 Å². The van der Waals surface area contributed by atoms with Gasteiger partial charge in [0.05, 0.1) is 24.3 Å². The number of carbonyl (C=O) groups is 2. The Morgan fingerprint density at radius 2 is 1.75 bits per heavy atom. The summed E-state index contributed by atoms with van der Waals surface area (Å²) in [4.78, 5) is 42.7. The van der Waals surface area contributed by atoms with Crippen molar-refractivity contribution in [1.29, 1.82) is 0 Å². The lowest BCUT2D eigenvalue weighted by Gasteiger charge is -2.25. The Kier molecular flexibility index (Phi) is 7.58. The number of likely N-dealkylation sites (tertiary alicyclic amines) is 2. The van der Waals surface area contributed by atoms with E-state index in [0.717, 1.165) is 56.8 Å². The summed E-state index contributed by atoms with van der Waals surface area (Å²) < 4.78 is 6.90. The van der Waals surface area contributed by atoms with Crippen LogP contribution >= 0.6 is 0 Å². The maximum atomic E-state index is 13.2. The number of benzene rings is 2. The van der Waals surface area contributed by atoms with Crippen molar-refractivity contribution >= 4 is 11.8 Å². The maximum absolute atomic E-state index is 13.2. The first-order chi connectivity index (χ1) is 19.4. The molecule has 0 spiro atoms. The molecule has 6 rings (SSSR count). The minimum Gasteiger partial charge on any atom is -0.381 e. The summed E-state index contributed by atoms with van der Waals surface area (Å²) in [5.41, 5.74) is 3.17. The minimum atomic E-state index is -0.116. The number of ether oxygens (including phenoxy) is 1. The van der Waals surface area contributed by atoms with Crippen LogP contribution in [0.15, 0.2) is 65.5 Å². The fourth-order valence-corrected chi connectivity index (χ4v) is 6.43. The summed E-state index contributed by atoms with van der Waals surface area (Å²) in [6.07, 6.45) is 1.63. The van der Waals surface area contributed by atoms with Crippen LogP contribution in [0.5, 0.6) is 0 Å². The average Bonchev–Trinajstić information content (AvgIpc) is 3.76. The second-order valence-electron chi connectivity index (χ2n) is 11.5. The van der Waals surface area contributed by atoms with Crippen molar-refractivity contribution in [3.8, 4) is 5.69 Å². The van der Waals surface area contributed by atoms with Gasteiger partial charge >= 0.3 is 0 Å². The number of hydrogen-bond donors (Lipinski definition) is 2. The molecule has 2 amide bonds. The highest BCUT2D eigenvalue weighted by atomic mass is 16.5. The topological polar surface area (TPSA) is 99.7 Å². The Morgan fingerprint density at radius 1 is 1.02 bits per heavy atom. The Labute approximate surface area is 234 Å². The summed E-state index contributed by atoms with van der Waals surface area (Å²) in [6.45, 7) is 7.37. The molecule has 0 bridgehead atoms. The second-order valence-corrected chi connectivity index (χ2v) is 11.5. The molecule has 2 aromatic carbocycles. The van der Waals surface area contributed by atoms with Crippen molar-refractivity contribution in [2.75, 3.05) is 45.9 Å². The van der Waals surface area contributed by atoms with Gasteiger partial charge in [0.25, 0.3) is 11.5 Å². The zero-order valence-corrected chi connectivity index (χ0v) is 22.9. The highest BCUT2D eigenvalue weighted by molar-refractivity contribution is 5.94. The molecule has 2 N–H and O–H groups in total. The van der Waals surface area contributed by atoms with E-state index in [0.29, 0.717) is 36.3 Å². The van der Waals surface area contributed by atoms with Crippen molar-refractivity contribution < 1.29 is 14.3 Å². The lowest BCUT2D eigenvalue weighted by atomic mass is 10.0. The zero-order chi connectivity index (χ0) is 27.6. The van der Waals surface area contributed by atoms with Crippen LogP contribution in [0, 0.1) is 24.7 Å². The van der Waals surface area contributed by atoms with E-state index < -0.39 is 0 Å². The molecule has 0 saturated carbocycles. The highest BCUT2D eigenvalue weighted by Gasteiger charge is 2.41. The second kappa shape index (κ2) is 11.4. The number of hydrogen-bond acceptors (Lipinski definition) is 5. The lowest BCUT2D eigenvalue weighted by molar-refractivity contribution is -0.125. The largest absolute Gasteiger partial charge is 0.381 e. The van der Waals surface area contributed by atoms with Gasteiger partial charge in [-0.05, 0) is 61.4 Å². The third-order valence-corrected chi connectivity index (χ3v) is 8.62. The number of fused-ring (bicyclic) bond motifs is 1. The van der Waals surface area contributed by atoms with Gasteiger partial charge in [-0.25, -0.2) is 4.68 Å². The molecule has 210 valence electrons. The number of aromatic amines is 1. The van der Waals surface area contributed by atoms with Crippen molar-refractivity contribution in [3.05, 3.63) is 87.8 Å².